The second kappa shape index (κ2) is 4.35. The van der Waals surface area contributed by atoms with Crippen molar-refractivity contribution in [3.63, 3.8) is 0 Å². The summed E-state index contributed by atoms with van der Waals surface area (Å²) in [7, 11) is 0. The van der Waals surface area contributed by atoms with Gasteiger partial charge in [0, 0.05) is 18.9 Å². The second-order valence-corrected chi connectivity index (χ2v) is 4.40. The summed E-state index contributed by atoms with van der Waals surface area (Å²) in [4.78, 5) is 4.56. The number of hydrogen-bond donors (Lipinski definition) is 1. The fraction of sp³-hybridized carbons (Fsp3) is 0.750. The Kier molecular flexibility index (Phi) is 3.10. The smallest absolute Gasteiger partial charge is 0.129 e. The number of rotatable bonds is 4. The standard InChI is InChI=1S/C12H21N3/c1-3-6-12(7-5-8-14-12)11-13-9-10-15(11)4-2/h9-10,14H,3-8H2,1-2H3. The summed E-state index contributed by atoms with van der Waals surface area (Å²) in [5.41, 5.74) is 0.161. The first-order valence-corrected chi connectivity index (χ1v) is 6.09. The van der Waals surface area contributed by atoms with Gasteiger partial charge in [-0.05, 0) is 32.7 Å². The predicted octanol–water partition coefficient (Wildman–Crippen LogP) is 2.28. The molecule has 1 aromatic rings. The molecule has 0 bridgehead atoms. The van der Waals surface area contributed by atoms with Gasteiger partial charge in [-0.3, -0.25) is 0 Å². The average Bonchev–Trinajstić information content (AvgIpc) is 2.85. The van der Waals surface area contributed by atoms with Crippen LogP contribution in [0.5, 0.6) is 0 Å². The van der Waals surface area contributed by atoms with Gasteiger partial charge < -0.3 is 9.88 Å². The maximum absolute atomic E-state index is 4.56. The third-order valence-electron chi connectivity index (χ3n) is 3.40. The summed E-state index contributed by atoms with van der Waals surface area (Å²) in [6, 6.07) is 0. The van der Waals surface area contributed by atoms with Crippen LogP contribution in [0.2, 0.25) is 0 Å². The number of aryl methyl sites for hydroxylation is 1. The van der Waals surface area contributed by atoms with Gasteiger partial charge in [0.2, 0.25) is 0 Å². The van der Waals surface area contributed by atoms with Gasteiger partial charge in [0.05, 0.1) is 5.54 Å². The minimum Gasteiger partial charge on any atom is -0.334 e. The van der Waals surface area contributed by atoms with E-state index in [0.29, 0.717) is 0 Å². The second-order valence-electron chi connectivity index (χ2n) is 4.40. The molecule has 0 amide bonds. The highest BCUT2D eigenvalue weighted by molar-refractivity contribution is 5.11. The molecule has 1 N–H and O–H groups in total. The van der Waals surface area contributed by atoms with Crippen LogP contribution in [0.1, 0.15) is 45.4 Å². The molecule has 0 aliphatic carbocycles. The van der Waals surface area contributed by atoms with Gasteiger partial charge in [0.25, 0.3) is 0 Å². The van der Waals surface area contributed by atoms with E-state index in [1.54, 1.807) is 0 Å². The molecule has 84 valence electrons. The lowest BCUT2D eigenvalue weighted by Crippen LogP contribution is -2.39. The van der Waals surface area contributed by atoms with Gasteiger partial charge >= 0.3 is 0 Å². The molecule has 1 fully saturated rings. The Morgan fingerprint density at radius 3 is 3.00 bits per heavy atom. The van der Waals surface area contributed by atoms with Crippen LogP contribution in [0.3, 0.4) is 0 Å². The van der Waals surface area contributed by atoms with Gasteiger partial charge in [-0.2, -0.15) is 0 Å². The Morgan fingerprint density at radius 1 is 1.53 bits per heavy atom. The molecular formula is C12H21N3. The molecule has 0 saturated carbocycles. The van der Waals surface area contributed by atoms with Crippen LogP contribution in [0.25, 0.3) is 0 Å². The fourth-order valence-electron chi connectivity index (χ4n) is 2.73. The number of nitrogens with one attached hydrogen (secondary N) is 1. The Balaban J connectivity index is 2.31. The first-order chi connectivity index (χ1) is 7.32. The molecule has 15 heavy (non-hydrogen) atoms. The normalized spacial score (nSPS) is 26.0. The topological polar surface area (TPSA) is 29.9 Å². The summed E-state index contributed by atoms with van der Waals surface area (Å²) < 4.78 is 2.27. The van der Waals surface area contributed by atoms with Crippen molar-refractivity contribution in [1.82, 2.24) is 14.9 Å². The summed E-state index contributed by atoms with van der Waals surface area (Å²) in [5, 5.41) is 3.66. The van der Waals surface area contributed by atoms with Crippen LogP contribution >= 0.6 is 0 Å². The van der Waals surface area contributed by atoms with E-state index >= 15 is 0 Å². The highest BCUT2D eigenvalue weighted by Gasteiger charge is 2.37. The van der Waals surface area contributed by atoms with Crippen LogP contribution < -0.4 is 5.32 Å². The Labute approximate surface area is 91.9 Å². The zero-order chi connectivity index (χ0) is 10.7. The van der Waals surface area contributed by atoms with Crippen molar-refractivity contribution in [1.29, 1.82) is 0 Å². The van der Waals surface area contributed by atoms with E-state index in [-0.39, 0.29) is 5.54 Å². The zero-order valence-corrected chi connectivity index (χ0v) is 9.79. The van der Waals surface area contributed by atoms with Crippen LogP contribution in [0.4, 0.5) is 0 Å². The highest BCUT2D eigenvalue weighted by atomic mass is 15.1. The van der Waals surface area contributed by atoms with Gasteiger partial charge in [0.15, 0.2) is 0 Å². The minimum atomic E-state index is 0.161. The quantitative estimate of drug-likeness (QED) is 0.821. The van der Waals surface area contributed by atoms with Crippen molar-refractivity contribution in [2.24, 2.45) is 0 Å². The molecule has 2 heterocycles. The largest absolute Gasteiger partial charge is 0.334 e. The van der Waals surface area contributed by atoms with Crippen LogP contribution in [-0.4, -0.2) is 16.1 Å². The zero-order valence-electron chi connectivity index (χ0n) is 9.79. The highest BCUT2D eigenvalue weighted by Crippen LogP contribution is 2.34. The Bertz CT molecular complexity index is 310. The molecule has 3 heteroatoms. The van der Waals surface area contributed by atoms with Crippen molar-refractivity contribution < 1.29 is 0 Å². The molecule has 0 radical (unpaired) electrons. The molecule has 1 aliphatic rings. The molecule has 1 unspecified atom stereocenters. The van der Waals surface area contributed by atoms with E-state index in [0.717, 1.165) is 13.1 Å². The van der Waals surface area contributed by atoms with E-state index in [9.17, 15) is 0 Å². The molecule has 0 spiro atoms. The molecular weight excluding hydrogens is 186 g/mol. The summed E-state index contributed by atoms with van der Waals surface area (Å²) in [5.74, 6) is 1.24. The van der Waals surface area contributed by atoms with E-state index in [1.807, 2.05) is 6.20 Å². The van der Waals surface area contributed by atoms with Crippen molar-refractivity contribution >= 4 is 0 Å². The maximum Gasteiger partial charge on any atom is 0.129 e. The number of imidazole rings is 1. The van der Waals surface area contributed by atoms with Gasteiger partial charge in [-0.15, -0.1) is 0 Å². The van der Waals surface area contributed by atoms with Gasteiger partial charge in [-0.25, -0.2) is 4.98 Å². The van der Waals surface area contributed by atoms with Crippen molar-refractivity contribution in [2.45, 2.75) is 51.6 Å². The lowest BCUT2D eigenvalue weighted by molar-refractivity contribution is 0.322. The fourth-order valence-corrected chi connectivity index (χ4v) is 2.73. The lowest BCUT2D eigenvalue weighted by atomic mass is 9.91. The molecule has 1 saturated heterocycles. The SMILES string of the molecule is CCCC1(c2nccn2CC)CCCN1. The minimum absolute atomic E-state index is 0.161. The third-order valence-corrected chi connectivity index (χ3v) is 3.40. The summed E-state index contributed by atoms with van der Waals surface area (Å²) in [6.07, 6.45) is 8.94. The van der Waals surface area contributed by atoms with Gasteiger partial charge in [0.1, 0.15) is 5.82 Å². The van der Waals surface area contributed by atoms with Crippen molar-refractivity contribution in [2.75, 3.05) is 6.54 Å². The van der Waals surface area contributed by atoms with E-state index in [2.05, 4.69) is 34.9 Å². The molecule has 1 atom stereocenters. The number of hydrogen-bond acceptors (Lipinski definition) is 2. The average molecular weight is 207 g/mol. The van der Waals surface area contributed by atoms with E-state index in [1.165, 1.54) is 31.5 Å². The van der Waals surface area contributed by atoms with Gasteiger partial charge in [-0.1, -0.05) is 13.3 Å². The Morgan fingerprint density at radius 2 is 2.40 bits per heavy atom. The molecule has 2 rings (SSSR count). The van der Waals surface area contributed by atoms with Crippen LogP contribution in [0, 0.1) is 0 Å². The monoisotopic (exact) mass is 207 g/mol. The number of aromatic nitrogens is 2. The first-order valence-electron chi connectivity index (χ1n) is 6.09. The first kappa shape index (κ1) is 10.7. The molecule has 0 aromatic carbocycles. The van der Waals surface area contributed by atoms with Crippen molar-refractivity contribution in [3.05, 3.63) is 18.2 Å². The summed E-state index contributed by atoms with van der Waals surface area (Å²) in [6.45, 7) is 6.58. The predicted molar refractivity (Wildman–Crippen MR) is 61.7 cm³/mol. The lowest BCUT2D eigenvalue weighted by Gasteiger charge is -2.29. The number of nitrogens with zero attached hydrogens (tertiary/aromatic N) is 2. The van der Waals surface area contributed by atoms with E-state index in [4.69, 9.17) is 0 Å². The summed E-state index contributed by atoms with van der Waals surface area (Å²) >= 11 is 0. The molecule has 1 aromatic heterocycles. The third kappa shape index (κ3) is 1.81. The van der Waals surface area contributed by atoms with Crippen LogP contribution in [-0.2, 0) is 12.1 Å². The van der Waals surface area contributed by atoms with Crippen molar-refractivity contribution in [3.8, 4) is 0 Å². The molecule has 3 nitrogen and oxygen atoms in total. The Hall–Kier alpha value is -0.830. The van der Waals surface area contributed by atoms with E-state index < -0.39 is 0 Å². The molecule has 1 aliphatic heterocycles. The maximum atomic E-state index is 4.56. The van der Waals surface area contributed by atoms with Crippen LogP contribution in [0.15, 0.2) is 12.4 Å².